The van der Waals surface area contributed by atoms with E-state index in [1.54, 1.807) is 6.08 Å². The fourth-order valence-corrected chi connectivity index (χ4v) is 11.1. The molecule has 8 heteroatoms. The molecule has 0 spiro atoms. The lowest BCUT2D eigenvalue weighted by molar-refractivity contribution is 0.421. The summed E-state index contributed by atoms with van der Waals surface area (Å²) in [6.45, 7) is 28.2. The van der Waals surface area contributed by atoms with Crippen molar-refractivity contribution >= 4 is 72.7 Å². The van der Waals surface area contributed by atoms with E-state index >= 15 is 0 Å². The van der Waals surface area contributed by atoms with E-state index in [4.69, 9.17) is 28.3 Å². The van der Waals surface area contributed by atoms with Crippen molar-refractivity contribution in [2.45, 2.75) is 101 Å². The highest BCUT2D eigenvalue weighted by Gasteiger charge is 2.34. The summed E-state index contributed by atoms with van der Waals surface area (Å²) < 4.78 is 2.52. The number of hydrogen-bond acceptors (Lipinski definition) is 3. The van der Waals surface area contributed by atoms with Gasteiger partial charge in [0.05, 0.1) is 23.3 Å². The van der Waals surface area contributed by atoms with Gasteiger partial charge in [0.2, 0.25) is 0 Å². The number of nitrogens with zero attached hydrogens (tertiary/aromatic N) is 3. The van der Waals surface area contributed by atoms with Crippen molar-refractivity contribution in [3.63, 3.8) is 0 Å². The molecule has 8 rings (SSSR count). The van der Waals surface area contributed by atoms with Crippen LogP contribution in [0.4, 0.5) is 0 Å². The van der Waals surface area contributed by atoms with Gasteiger partial charge >= 0.3 is 0 Å². The average molecular weight is 899 g/mol. The minimum absolute atomic E-state index is 0.263. The number of thiol groups is 1. The van der Waals surface area contributed by atoms with Crippen molar-refractivity contribution in [1.29, 1.82) is 0 Å². The van der Waals surface area contributed by atoms with Crippen LogP contribution >= 0.6 is 12.6 Å². The minimum atomic E-state index is 0.263. The molecular weight excluding hydrogens is 834 g/mol. The molecule has 1 aliphatic rings. The summed E-state index contributed by atoms with van der Waals surface area (Å²) >= 11 is 5.56. The summed E-state index contributed by atoms with van der Waals surface area (Å²) in [5.41, 5.74) is 36.2. The molecule has 5 nitrogen and oxygen atoms in total. The number of hydrogen-bond donors (Lipinski definition) is 3. The van der Waals surface area contributed by atoms with Crippen LogP contribution in [-0.4, -0.2) is 43.6 Å². The number of fused-ring (bicyclic) bond motifs is 6. The number of benzene rings is 6. The molecule has 67 heavy (non-hydrogen) atoms. The van der Waals surface area contributed by atoms with Gasteiger partial charge in [0.1, 0.15) is 27.3 Å². The number of amidine groups is 2. The molecule has 6 aromatic carbocycles. The molecule has 3 N–H and O–H groups in total. The number of allylic oxidation sites excluding steroid dienone is 3. The maximum absolute atomic E-state index is 10.8. The summed E-state index contributed by atoms with van der Waals surface area (Å²) in [4.78, 5) is 11.7. The lowest BCUT2D eigenvalue weighted by Crippen LogP contribution is -2.28. The first kappa shape index (κ1) is 47.3. The zero-order valence-corrected chi connectivity index (χ0v) is 43.1. The standard InChI is InChI=1S/C59H64B2N4OS/c1-14-49(66)34(8)33(7)46(29(2)3)28-63-59(64-58(62)50-35(9)31(5)36(10)54(60)38(50)12)53-55(61)39(13)51-45(57(53)67)27-43-32(6)30(4)37(11)56(52(43)51)65-47-23-19-18-22-42(47)44-26-41(24-25-48(44)65)40-20-16-15-17-21-40/h14-26,66-67H,27-28,60-61H2,1-13H3,(H2,62,63,64)/b34-33-,49-14-. The van der Waals surface area contributed by atoms with Crippen LogP contribution in [0.25, 0.3) is 49.7 Å². The second kappa shape index (κ2) is 18.1. The molecule has 1 aromatic heterocycles. The summed E-state index contributed by atoms with van der Waals surface area (Å²) in [6, 6.07) is 26.4. The first-order valence-electron chi connectivity index (χ1n) is 23.5. The van der Waals surface area contributed by atoms with Crippen molar-refractivity contribution in [3.8, 4) is 27.9 Å². The Labute approximate surface area is 405 Å². The summed E-state index contributed by atoms with van der Waals surface area (Å²) in [5.74, 6) is 1.25. The van der Waals surface area contributed by atoms with Crippen LogP contribution in [0.3, 0.4) is 0 Å². The third kappa shape index (κ3) is 7.71. The molecule has 1 heterocycles. The number of para-hydroxylation sites is 1. The van der Waals surface area contributed by atoms with Crippen LogP contribution < -0.4 is 16.7 Å². The highest BCUT2D eigenvalue weighted by atomic mass is 32.1. The number of rotatable bonds is 8. The Kier molecular flexibility index (Phi) is 12.8. The SMILES string of the molecule is Bc1c(C)c(C)c(C)c(/C(N)=N/C(=N\CC(=C(C)C)/C(C)=C(C)\C(O)=C\C)c2c(B)c(C)c3c(c2S)Cc2c(C)c(C)c(C)c(-n4c5ccccc5c5cc(-c6ccccc6)ccc54)c2-3)c1C. The Morgan fingerprint density at radius 3 is 1.99 bits per heavy atom. The van der Waals surface area contributed by atoms with Crippen molar-refractivity contribution < 1.29 is 5.11 Å². The lowest BCUT2D eigenvalue weighted by Gasteiger charge is -2.23. The zero-order valence-electron chi connectivity index (χ0n) is 42.2. The normalized spacial score (nSPS) is 13.4. The number of nitrogens with two attached hydrogens (primary N) is 1. The molecule has 0 saturated heterocycles. The Bertz CT molecular complexity index is 3380. The van der Waals surface area contributed by atoms with Crippen LogP contribution in [0.15, 0.2) is 122 Å². The minimum Gasteiger partial charge on any atom is -0.508 e. The molecule has 0 aliphatic heterocycles. The first-order chi connectivity index (χ1) is 31.8. The van der Waals surface area contributed by atoms with E-state index in [1.807, 2.05) is 13.8 Å². The second-order valence-electron chi connectivity index (χ2n) is 19.1. The highest BCUT2D eigenvalue weighted by Crippen LogP contribution is 2.50. The van der Waals surface area contributed by atoms with Crippen molar-refractivity contribution in [2.75, 3.05) is 6.54 Å². The van der Waals surface area contributed by atoms with Gasteiger partial charge in [0.15, 0.2) is 5.84 Å². The van der Waals surface area contributed by atoms with Gasteiger partial charge in [0.25, 0.3) is 0 Å². The van der Waals surface area contributed by atoms with Crippen LogP contribution in [0.1, 0.15) is 101 Å². The van der Waals surface area contributed by atoms with Gasteiger partial charge in [-0.1, -0.05) is 76.7 Å². The maximum atomic E-state index is 10.8. The molecule has 0 fully saturated rings. The Morgan fingerprint density at radius 2 is 1.31 bits per heavy atom. The van der Waals surface area contributed by atoms with E-state index in [9.17, 15) is 5.11 Å². The van der Waals surface area contributed by atoms with E-state index < -0.39 is 0 Å². The highest BCUT2D eigenvalue weighted by molar-refractivity contribution is 7.80. The number of aliphatic imine (C=N–C) groups is 2. The summed E-state index contributed by atoms with van der Waals surface area (Å²) in [5, 5.41) is 13.3. The Balaban J connectivity index is 1.40. The Morgan fingerprint density at radius 1 is 0.672 bits per heavy atom. The fourth-order valence-electron chi connectivity index (χ4n) is 10.7. The van der Waals surface area contributed by atoms with Gasteiger partial charge in [-0.3, -0.25) is 4.99 Å². The fraction of sp³-hybridized carbons (Fsp3) is 0.254. The predicted molar refractivity (Wildman–Crippen MR) is 298 cm³/mol. The lowest BCUT2D eigenvalue weighted by atomic mass is 9.79. The predicted octanol–water partition coefficient (Wildman–Crippen LogP) is 11.6. The number of aromatic nitrogens is 1. The third-order valence-electron chi connectivity index (χ3n) is 15.6. The van der Waals surface area contributed by atoms with E-state index in [-0.39, 0.29) is 5.76 Å². The molecular formula is C59H64B2N4OS. The monoisotopic (exact) mass is 898 g/mol. The summed E-state index contributed by atoms with van der Waals surface area (Å²) in [7, 11) is 4.36. The first-order valence-corrected chi connectivity index (χ1v) is 24.0. The molecule has 1 aliphatic carbocycles. The van der Waals surface area contributed by atoms with Gasteiger partial charge in [-0.05, 0) is 198 Å². The van der Waals surface area contributed by atoms with E-state index in [1.165, 1.54) is 99.7 Å². The van der Waals surface area contributed by atoms with Crippen molar-refractivity contribution in [2.24, 2.45) is 15.7 Å². The Hall–Kier alpha value is -6.24. The summed E-state index contributed by atoms with van der Waals surface area (Å²) in [6.07, 6.45) is 2.47. The van der Waals surface area contributed by atoms with Crippen molar-refractivity contribution in [3.05, 3.63) is 174 Å². The second-order valence-corrected chi connectivity index (χ2v) is 19.5. The van der Waals surface area contributed by atoms with Crippen LogP contribution in [0.2, 0.25) is 0 Å². The van der Waals surface area contributed by atoms with Gasteiger partial charge in [0, 0.05) is 38.8 Å². The van der Waals surface area contributed by atoms with E-state index in [0.717, 1.165) is 61.3 Å². The molecule has 0 radical (unpaired) electrons. The van der Waals surface area contributed by atoms with Crippen LogP contribution in [-0.2, 0) is 6.42 Å². The number of aliphatic hydroxyl groups excluding tert-OH is 1. The van der Waals surface area contributed by atoms with Gasteiger partial charge in [-0.2, -0.15) is 0 Å². The van der Waals surface area contributed by atoms with Crippen LogP contribution in [0.5, 0.6) is 0 Å². The van der Waals surface area contributed by atoms with Gasteiger partial charge in [-0.25, -0.2) is 4.99 Å². The molecule has 0 saturated carbocycles. The largest absolute Gasteiger partial charge is 0.508 e. The molecule has 0 unspecified atom stereocenters. The average Bonchev–Trinajstić information content (AvgIpc) is 3.88. The topological polar surface area (TPSA) is 75.9 Å². The molecule has 338 valence electrons. The maximum Gasteiger partial charge on any atom is 0.157 e. The van der Waals surface area contributed by atoms with Gasteiger partial charge in [-0.15, -0.1) is 12.6 Å². The van der Waals surface area contributed by atoms with E-state index in [0.29, 0.717) is 18.2 Å². The van der Waals surface area contributed by atoms with E-state index in [2.05, 4.69) is 169 Å². The molecule has 0 atom stereocenters. The number of aliphatic hydroxyl groups is 1. The van der Waals surface area contributed by atoms with Crippen LogP contribution in [0, 0.1) is 55.4 Å². The van der Waals surface area contributed by atoms with Gasteiger partial charge < -0.3 is 15.4 Å². The zero-order chi connectivity index (χ0) is 48.5. The van der Waals surface area contributed by atoms with Crippen molar-refractivity contribution in [1.82, 2.24) is 4.57 Å². The molecule has 0 amide bonds. The smallest absolute Gasteiger partial charge is 0.157 e. The molecule has 7 aromatic rings. The third-order valence-corrected chi connectivity index (χ3v) is 16.1. The quantitative estimate of drug-likeness (QED) is 0.0355. The molecule has 0 bridgehead atoms.